The molecule has 2 aliphatic carbocycles. The van der Waals surface area contributed by atoms with Gasteiger partial charge in [-0.05, 0) is 61.9 Å². The first kappa shape index (κ1) is 27.8. The number of hydrogen-bond donors (Lipinski definition) is 3. The molecule has 0 spiro atoms. The van der Waals surface area contributed by atoms with Crippen molar-refractivity contribution in [2.75, 3.05) is 13.4 Å². The number of ether oxygens (including phenoxy) is 1. The molecule has 3 N–H and O–H groups in total. The third kappa shape index (κ3) is 11.6. The third-order valence-electron chi connectivity index (χ3n) is 5.98. The van der Waals surface area contributed by atoms with Crippen molar-refractivity contribution in [3.05, 3.63) is 23.8 Å². The van der Waals surface area contributed by atoms with Crippen molar-refractivity contribution in [3.63, 3.8) is 0 Å². The topological polar surface area (TPSA) is 87.0 Å². The van der Waals surface area contributed by atoms with Gasteiger partial charge in [-0.1, -0.05) is 59.3 Å². The van der Waals surface area contributed by atoms with Gasteiger partial charge in [0.05, 0.1) is 18.6 Å². The highest BCUT2D eigenvalue weighted by molar-refractivity contribution is 5.69. The molecule has 0 heterocycles. The molecule has 0 aromatic heterocycles. The predicted octanol–water partition coefficient (Wildman–Crippen LogP) is 5.18. The van der Waals surface area contributed by atoms with E-state index in [1.165, 1.54) is 25.7 Å². The lowest BCUT2D eigenvalue weighted by Gasteiger charge is -2.36. The molecule has 5 heteroatoms. The van der Waals surface area contributed by atoms with Gasteiger partial charge in [0.15, 0.2) is 0 Å². The lowest BCUT2D eigenvalue weighted by atomic mass is 9.69. The van der Waals surface area contributed by atoms with E-state index in [1.54, 1.807) is 12.5 Å². The summed E-state index contributed by atoms with van der Waals surface area (Å²) in [6, 6.07) is 0. The van der Waals surface area contributed by atoms with Gasteiger partial charge in [0, 0.05) is 0 Å². The molecule has 0 saturated heterocycles. The largest absolute Gasteiger partial charge is 0.481 e. The van der Waals surface area contributed by atoms with Crippen molar-refractivity contribution in [2.45, 2.75) is 85.7 Å². The predicted molar refractivity (Wildman–Crippen MR) is 119 cm³/mol. The zero-order valence-corrected chi connectivity index (χ0v) is 19.1. The van der Waals surface area contributed by atoms with E-state index in [0.29, 0.717) is 13.0 Å². The van der Waals surface area contributed by atoms with E-state index in [0.717, 1.165) is 30.6 Å². The number of allylic oxidation sites excluding steroid dienone is 4. The van der Waals surface area contributed by atoms with Crippen LogP contribution in [0, 0.1) is 23.7 Å². The summed E-state index contributed by atoms with van der Waals surface area (Å²) in [7, 11) is 0. The van der Waals surface area contributed by atoms with Crippen LogP contribution in [0.1, 0.15) is 79.6 Å². The highest BCUT2D eigenvalue weighted by atomic mass is 16.6. The minimum Gasteiger partial charge on any atom is -0.481 e. The molecule has 5 nitrogen and oxygen atoms in total. The Morgan fingerprint density at radius 2 is 1.97 bits per heavy atom. The number of fused-ring (bicyclic) bond motifs is 1. The summed E-state index contributed by atoms with van der Waals surface area (Å²) >= 11 is 0. The van der Waals surface area contributed by atoms with Gasteiger partial charge >= 0.3 is 5.97 Å². The SMILES string of the molecule is CCC(C)C(=O)O.CCC(O)CCOCO.CCC1C(C)C=CC2=CCCCC21. The average molecular weight is 413 g/mol. The van der Waals surface area contributed by atoms with Gasteiger partial charge in [-0.2, -0.15) is 0 Å². The monoisotopic (exact) mass is 412 g/mol. The second-order valence-corrected chi connectivity index (χ2v) is 8.07. The number of hydrogen-bond acceptors (Lipinski definition) is 4. The summed E-state index contributed by atoms with van der Waals surface area (Å²) in [5.74, 6) is 1.71. The molecule has 0 aromatic rings. The minimum absolute atomic E-state index is 0.181. The maximum atomic E-state index is 9.93. The normalized spacial score (nSPS) is 24.7. The molecule has 0 aliphatic heterocycles. The fraction of sp³-hybridized carbons (Fsp3) is 0.792. The maximum Gasteiger partial charge on any atom is 0.306 e. The Kier molecular flexibility index (Phi) is 15.9. The molecule has 0 radical (unpaired) electrons. The summed E-state index contributed by atoms with van der Waals surface area (Å²) < 4.78 is 4.60. The number of aliphatic hydroxyl groups is 2. The number of carboxylic acids is 1. The van der Waals surface area contributed by atoms with E-state index < -0.39 is 5.97 Å². The molecule has 5 atom stereocenters. The molecule has 0 amide bonds. The van der Waals surface area contributed by atoms with Crippen LogP contribution >= 0.6 is 0 Å². The van der Waals surface area contributed by atoms with Crippen molar-refractivity contribution in [3.8, 4) is 0 Å². The van der Waals surface area contributed by atoms with Crippen molar-refractivity contribution < 1.29 is 24.9 Å². The van der Waals surface area contributed by atoms with Gasteiger partial charge in [0.1, 0.15) is 6.79 Å². The van der Waals surface area contributed by atoms with Crippen molar-refractivity contribution in [1.29, 1.82) is 0 Å². The van der Waals surface area contributed by atoms with E-state index in [4.69, 9.17) is 15.3 Å². The Hall–Kier alpha value is -1.17. The average Bonchev–Trinajstić information content (AvgIpc) is 2.74. The Morgan fingerprint density at radius 3 is 2.45 bits per heavy atom. The second kappa shape index (κ2) is 16.6. The van der Waals surface area contributed by atoms with Crippen LogP contribution < -0.4 is 0 Å². The molecule has 0 aromatic carbocycles. The minimum atomic E-state index is -0.706. The highest BCUT2D eigenvalue weighted by Gasteiger charge is 2.30. The van der Waals surface area contributed by atoms with E-state index in [-0.39, 0.29) is 18.8 Å². The number of aliphatic hydroxyl groups excluding tert-OH is 2. The van der Waals surface area contributed by atoms with Gasteiger partial charge in [0.25, 0.3) is 0 Å². The molecule has 2 aliphatic rings. The third-order valence-corrected chi connectivity index (χ3v) is 5.98. The van der Waals surface area contributed by atoms with Crippen LogP contribution in [0.3, 0.4) is 0 Å². The summed E-state index contributed by atoms with van der Waals surface area (Å²) in [5.41, 5.74) is 1.64. The van der Waals surface area contributed by atoms with Crippen LogP contribution in [-0.4, -0.2) is 40.8 Å². The summed E-state index contributed by atoms with van der Waals surface area (Å²) in [6.07, 6.45) is 14.5. The Balaban J connectivity index is 0.000000433. The molecule has 170 valence electrons. The molecule has 0 saturated carbocycles. The lowest BCUT2D eigenvalue weighted by Crippen LogP contribution is -2.26. The summed E-state index contributed by atoms with van der Waals surface area (Å²) in [6.45, 7) is 10.4. The second-order valence-electron chi connectivity index (χ2n) is 8.07. The molecular weight excluding hydrogens is 368 g/mol. The van der Waals surface area contributed by atoms with Crippen LogP contribution in [0.5, 0.6) is 0 Å². The van der Waals surface area contributed by atoms with Crippen LogP contribution in [0.25, 0.3) is 0 Å². The zero-order chi connectivity index (χ0) is 22.2. The Bertz CT molecular complexity index is 486. The van der Waals surface area contributed by atoms with Crippen molar-refractivity contribution >= 4 is 5.97 Å². The van der Waals surface area contributed by atoms with Crippen LogP contribution in [-0.2, 0) is 9.53 Å². The van der Waals surface area contributed by atoms with Crippen LogP contribution in [0.4, 0.5) is 0 Å². The van der Waals surface area contributed by atoms with E-state index in [9.17, 15) is 4.79 Å². The van der Waals surface area contributed by atoms with Gasteiger partial charge < -0.3 is 20.1 Å². The van der Waals surface area contributed by atoms with E-state index >= 15 is 0 Å². The Morgan fingerprint density at radius 1 is 1.28 bits per heavy atom. The first-order valence-electron chi connectivity index (χ1n) is 11.3. The first-order valence-corrected chi connectivity index (χ1v) is 11.3. The molecule has 0 fully saturated rings. The van der Waals surface area contributed by atoms with Crippen LogP contribution in [0.15, 0.2) is 23.8 Å². The zero-order valence-electron chi connectivity index (χ0n) is 19.1. The number of rotatable bonds is 8. The first-order chi connectivity index (χ1) is 13.8. The molecule has 29 heavy (non-hydrogen) atoms. The fourth-order valence-electron chi connectivity index (χ4n) is 3.67. The molecule has 5 unspecified atom stereocenters. The standard InChI is InChI=1S/C13H20.C6H14O3.C5H10O2/c1-3-12-10(2)8-9-11-6-4-5-7-13(11)12;1-2-6(8)3-4-9-5-7;1-3-4(2)5(6)7/h6,8-10,12-13H,3-5,7H2,1-2H3;6-8H,2-5H2,1H3;4H,3H2,1-2H3,(H,6,7). The van der Waals surface area contributed by atoms with Gasteiger partial charge in [-0.3, -0.25) is 4.79 Å². The summed E-state index contributed by atoms with van der Waals surface area (Å²) in [4.78, 5) is 9.93. The summed E-state index contributed by atoms with van der Waals surface area (Å²) in [5, 5.41) is 25.3. The molecule has 2 rings (SSSR count). The number of carbonyl (C=O) groups is 1. The Labute approximate surface area is 177 Å². The lowest BCUT2D eigenvalue weighted by molar-refractivity contribution is -0.141. The smallest absolute Gasteiger partial charge is 0.306 e. The maximum absolute atomic E-state index is 9.93. The van der Waals surface area contributed by atoms with Crippen molar-refractivity contribution in [2.24, 2.45) is 23.7 Å². The molecule has 0 bridgehead atoms. The van der Waals surface area contributed by atoms with Gasteiger partial charge in [-0.25, -0.2) is 0 Å². The van der Waals surface area contributed by atoms with Gasteiger partial charge in [0.2, 0.25) is 0 Å². The quantitative estimate of drug-likeness (QED) is 0.378. The molecular formula is C24H44O5. The number of carboxylic acid groups (broad SMARTS) is 1. The van der Waals surface area contributed by atoms with Crippen molar-refractivity contribution in [1.82, 2.24) is 0 Å². The highest BCUT2D eigenvalue weighted by Crippen LogP contribution is 2.41. The van der Waals surface area contributed by atoms with E-state index in [1.807, 2.05) is 13.8 Å². The van der Waals surface area contributed by atoms with E-state index in [2.05, 4.69) is 36.8 Å². The number of aliphatic carboxylic acids is 1. The van der Waals surface area contributed by atoms with Crippen LogP contribution in [0.2, 0.25) is 0 Å². The van der Waals surface area contributed by atoms with Gasteiger partial charge in [-0.15, -0.1) is 0 Å². The fourth-order valence-corrected chi connectivity index (χ4v) is 3.67.